The lowest BCUT2D eigenvalue weighted by atomic mass is 9.96. The molecule has 0 aliphatic carbocycles. The Bertz CT molecular complexity index is 402. The average Bonchev–Trinajstić information content (AvgIpc) is 2.26. The Labute approximate surface area is 124 Å². The van der Waals surface area contributed by atoms with E-state index in [0.29, 0.717) is 12.5 Å². The number of aromatic nitrogens is 2. The van der Waals surface area contributed by atoms with Gasteiger partial charge in [0.25, 0.3) is 0 Å². The molecular formula is C14H24BrN3O. The van der Waals surface area contributed by atoms with E-state index in [2.05, 4.69) is 65.8 Å². The monoisotopic (exact) mass is 329 g/mol. The predicted octanol–water partition coefficient (Wildman–Crippen LogP) is 3.62. The summed E-state index contributed by atoms with van der Waals surface area (Å²) in [7, 11) is 0. The molecule has 1 rings (SSSR count). The molecular weight excluding hydrogens is 306 g/mol. The van der Waals surface area contributed by atoms with Gasteiger partial charge in [0.2, 0.25) is 0 Å². The number of nitrogens with one attached hydrogen (secondary N) is 1. The second-order valence-electron chi connectivity index (χ2n) is 6.05. The molecule has 0 amide bonds. The van der Waals surface area contributed by atoms with E-state index in [-0.39, 0.29) is 5.41 Å². The van der Waals surface area contributed by atoms with Gasteiger partial charge in [0, 0.05) is 24.6 Å². The summed E-state index contributed by atoms with van der Waals surface area (Å²) in [5, 5.41) is 3.27. The lowest BCUT2D eigenvalue weighted by Gasteiger charge is -2.18. The van der Waals surface area contributed by atoms with Gasteiger partial charge in [-0.3, -0.25) is 0 Å². The van der Waals surface area contributed by atoms with Crippen molar-refractivity contribution in [1.82, 2.24) is 9.97 Å². The third kappa shape index (κ3) is 6.34. The van der Waals surface area contributed by atoms with Crippen molar-refractivity contribution in [2.45, 2.75) is 40.0 Å². The molecule has 0 aliphatic heterocycles. The van der Waals surface area contributed by atoms with Crippen molar-refractivity contribution in [3.63, 3.8) is 0 Å². The summed E-state index contributed by atoms with van der Waals surface area (Å²) in [6.07, 6.45) is 0. The largest absolute Gasteiger partial charge is 0.379 e. The molecule has 0 aromatic carbocycles. The van der Waals surface area contributed by atoms with Crippen molar-refractivity contribution in [2.24, 2.45) is 5.92 Å². The molecule has 0 radical (unpaired) electrons. The summed E-state index contributed by atoms with van der Waals surface area (Å²) < 4.78 is 6.33. The topological polar surface area (TPSA) is 47.0 Å². The molecule has 1 aromatic heterocycles. The first-order valence-corrected chi connectivity index (χ1v) is 7.45. The van der Waals surface area contributed by atoms with E-state index in [1.807, 2.05) is 6.07 Å². The molecule has 0 fully saturated rings. The van der Waals surface area contributed by atoms with E-state index in [9.17, 15) is 0 Å². The normalized spacial score (nSPS) is 11.9. The van der Waals surface area contributed by atoms with Gasteiger partial charge in [-0.25, -0.2) is 9.97 Å². The molecule has 0 spiro atoms. The Balaban J connectivity index is 2.52. The summed E-state index contributed by atoms with van der Waals surface area (Å²) in [5.41, 5.74) is -0.0612. The van der Waals surface area contributed by atoms with E-state index in [1.165, 1.54) is 0 Å². The van der Waals surface area contributed by atoms with Crippen molar-refractivity contribution in [3.8, 4) is 0 Å². The highest BCUT2D eigenvalue weighted by atomic mass is 79.9. The minimum absolute atomic E-state index is 0.0612. The number of halogens is 1. The van der Waals surface area contributed by atoms with Gasteiger partial charge in [0.1, 0.15) is 16.2 Å². The fourth-order valence-electron chi connectivity index (χ4n) is 1.41. The van der Waals surface area contributed by atoms with Crippen LogP contribution >= 0.6 is 15.9 Å². The molecule has 4 nitrogen and oxygen atoms in total. The first kappa shape index (κ1) is 16.4. The lowest BCUT2D eigenvalue weighted by Crippen LogP contribution is -2.18. The summed E-state index contributed by atoms with van der Waals surface area (Å²) in [4.78, 5) is 8.94. The molecule has 0 unspecified atom stereocenters. The van der Waals surface area contributed by atoms with Gasteiger partial charge < -0.3 is 10.1 Å². The van der Waals surface area contributed by atoms with Crippen LogP contribution in [0.1, 0.15) is 40.4 Å². The SMILES string of the molecule is CC(C)COCCNc1cc(Br)nc(C(C)(C)C)n1. The van der Waals surface area contributed by atoms with Gasteiger partial charge >= 0.3 is 0 Å². The zero-order chi connectivity index (χ0) is 14.5. The maximum absolute atomic E-state index is 5.53. The minimum Gasteiger partial charge on any atom is -0.379 e. The predicted molar refractivity (Wildman–Crippen MR) is 82.6 cm³/mol. The second kappa shape index (κ2) is 7.20. The molecule has 1 N–H and O–H groups in total. The first-order valence-electron chi connectivity index (χ1n) is 6.65. The van der Waals surface area contributed by atoms with Gasteiger partial charge in [0.15, 0.2) is 0 Å². The number of ether oxygens (including phenoxy) is 1. The molecule has 0 bridgehead atoms. The molecule has 1 heterocycles. The maximum atomic E-state index is 5.53. The summed E-state index contributed by atoms with van der Waals surface area (Å²) in [5.74, 6) is 2.23. The Kier molecular flexibility index (Phi) is 6.20. The Hall–Kier alpha value is -0.680. The van der Waals surface area contributed by atoms with Crippen molar-refractivity contribution in [3.05, 3.63) is 16.5 Å². The molecule has 108 valence electrons. The van der Waals surface area contributed by atoms with Crippen LogP contribution in [0.5, 0.6) is 0 Å². The van der Waals surface area contributed by atoms with Gasteiger partial charge in [-0.15, -0.1) is 0 Å². The van der Waals surface area contributed by atoms with Gasteiger partial charge in [-0.05, 0) is 21.8 Å². The van der Waals surface area contributed by atoms with Crippen LogP contribution in [0.2, 0.25) is 0 Å². The number of anilines is 1. The lowest BCUT2D eigenvalue weighted by molar-refractivity contribution is 0.118. The van der Waals surface area contributed by atoms with Crippen LogP contribution in [0.3, 0.4) is 0 Å². The zero-order valence-electron chi connectivity index (χ0n) is 12.5. The quantitative estimate of drug-likeness (QED) is 0.639. The standard InChI is InChI=1S/C14H24BrN3O/c1-10(2)9-19-7-6-16-12-8-11(15)17-13(18-12)14(3,4)5/h8,10H,6-7,9H2,1-5H3,(H,16,17,18). The molecule has 0 saturated carbocycles. The fourth-order valence-corrected chi connectivity index (χ4v) is 1.80. The number of hydrogen-bond acceptors (Lipinski definition) is 4. The summed E-state index contributed by atoms with van der Waals surface area (Å²) >= 11 is 3.42. The number of nitrogens with zero attached hydrogens (tertiary/aromatic N) is 2. The first-order chi connectivity index (χ1) is 8.79. The van der Waals surface area contributed by atoms with Crippen LogP contribution < -0.4 is 5.32 Å². The van der Waals surface area contributed by atoms with Crippen LogP contribution in [-0.4, -0.2) is 29.7 Å². The highest BCUT2D eigenvalue weighted by molar-refractivity contribution is 9.10. The molecule has 5 heteroatoms. The van der Waals surface area contributed by atoms with Crippen molar-refractivity contribution < 1.29 is 4.74 Å². The van der Waals surface area contributed by atoms with Crippen LogP contribution in [0, 0.1) is 5.92 Å². The third-order valence-electron chi connectivity index (χ3n) is 2.37. The van der Waals surface area contributed by atoms with Gasteiger partial charge in [0.05, 0.1) is 6.61 Å². The van der Waals surface area contributed by atoms with E-state index in [1.54, 1.807) is 0 Å². The van der Waals surface area contributed by atoms with Crippen molar-refractivity contribution in [2.75, 3.05) is 25.1 Å². The molecule has 19 heavy (non-hydrogen) atoms. The zero-order valence-corrected chi connectivity index (χ0v) is 14.0. The van der Waals surface area contributed by atoms with Crippen LogP contribution in [-0.2, 0) is 10.2 Å². The van der Waals surface area contributed by atoms with E-state index in [4.69, 9.17) is 4.74 Å². The van der Waals surface area contributed by atoms with Gasteiger partial charge in [-0.1, -0.05) is 34.6 Å². The Morgan fingerprint density at radius 1 is 1.32 bits per heavy atom. The van der Waals surface area contributed by atoms with E-state index in [0.717, 1.165) is 29.4 Å². The average molecular weight is 330 g/mol. The third-order valence-corrected chi connectivity index (χ3v) is 2.78. The molecule has 0 saturated heterocycles. The molecule has 0 atom stereocenters. The fraction of sp³-hybridized carbons (Fsp3) is 0.714. The van der Waals surface area contributed by atoms with E-state index < -0.39 is 0 Å². The minimum atomic E-state index is -0.0612. The number of hydrogen-bond donors (Lipinski definition) is 1. The van der Waals surface area contributed by atoms with Gasteiger partial charge in [-0.2, -0.15) is 0 Å². The molecule has 0 aliphatic rings. The van der Waals surface area contributed by atoms with E-state index >= 15 is 0 Å². The second-order valence-corrected chi connectivity index (χ2v) is 6.86. The maximum Gasteiger partial charge on any atom is 0.137 e. The highest BCUT2D eigenvalue weighted by Gasteiger charge is 2.18. The summed E-state index contributed by atoms with van der Waals surface area (Å²) in [6, 6.07) is 1.89. The number of rotatable bonds is 6. The Morgan fingerprint density at radius 3 is 2.58 bits per heavy atom. The molecule has 1 aromatic rings. The van der Waals surface area contributed by atoms with Crippen LogP contribution in [0.25, 0.3) is 0 Å². The summed E-state index contributed by atoms with van der Waals surface area (Å²) in [6.45, 7) is 12.8. The smallest absolute Gasteiger partial charge is 0.137 e. The van der Waals surface area contributed by atoms with Crippen molar-refractivity contribution in [1.29, 1.82) is 0 Å². The van der Waals surface area contributed by atoms with Crippen molar-refractivity contribution >= 4 is 21.7 Å². The van der Waals surface area contributed by atoms with Crippen LogP contribution in [0.15, 0.2) is 10.7 Å². The highest BCUT2D eigenvalue weighted by Crippen LogP contribution is 2.22. The Morgan fingerprint density at radius 2 is 2.00 bits per heavy atom. The van der Waals surface area contributed by atoms with Crippen LogP contribution in [0.4, 0.5) is 5.82 Å².